The van der Waals surface area contributed by atoms with E-state index < -0.39 is 0 Å². The van der Waals surface area contributed by atoms with Crippen molar-refractivity contribution in [3.8, 4) is 5.75 Å². The Morgan fingerprint density at radius 2 is 1.25 bits per heavy atom. The first-order valence-electron chi connectivity index (χ1n) is 15.3. The molecule has 250 valence electrons. The zero-order valence-electron chi connectivity index (χ0n) is 27.2. The summed E-state index contributed by atoms with van der Waals surface area (Å²) >= 11 is 12.4. The summed E-state index contributed by atoms with van der Waals surface area (Å²) in [6, 6.07) is 32.8. The molecule has 3 N–H and O–H groups in total. The topological polar surface area (TPSA) is 148 Å². The minimum atomic E-state index is -0.294. The molecule has 0 heterocycles. The fraction of sp³-hybridized carbons (Fsp3) is 0.0513. The number of carbonyl (C=O) groups excluding carboxylic acids is 3. The molecule has 0 unspecified atom stereocenters. The number of rotatable bonds is 7. The average molecular weight is 716 g/mol. The van der Waals surface area contributed by atoms with Gasteiger partial charge in [0, 0.05) is 27.5 Å². The Balaban J connectivity index is 0.000000226. The third kappa shape index (κ3) is 8.57. The maximum atomic E-state index is 12.4. The van der Waals surface area contributed by atoms with Crippen molar-refractivity contribution in [3.63, 3.8) is 0 Å². The van der Waals surface area contributed by atoms with Gasteiger partial charge in [0.1, 0.15) is 0 Å². The molecule has 0 spiro atoms. The summed E-state index contributed by atoms with van der Waals surface area (Å²) in [5, 5.41) is 35.2. The normalized spacial score (nSPS) is 10.5. The van der Waals surface area contributed by atoms with Gasteiger partial charge in [0.25, 0.3) is 23.1 Å². The van der Waals surface area contributed by atoms with Crippen LogP contribution in [0, 0.1) is 19.2 Å². The van der Waals surface area contributed by atoms with Crippen LogP contribution < -0.4 is 10.6 Å². The largest absolute Gasteiger partial charge is 0.446 e. The first-order chi connectivity index (χ1) is 24.6. The lowest BCUT2D eigenvalue weighted by molar-refractivity contribution is 0.101. The van der Waals surface area contributed by atoms with E-state index in [1.165, 1.54) is 6.07 Å². The molecule has 6 aromatic carbocycles. The van der Waals surface area contributed by atoms with E-state index in [0.29, 0.717) is 49.8 Å². The number of hydrogen-bond acceptors (Lipinski definition) is 7. The minimum absolute atomic E-state index is 0.00590. The number of hydrogen-bond donors (Lipinski definition) is 3. The van der Waals surface area contributed by atoms with Crippen LogP contribution in [0.4, 0.5) is 28.4 Å². The third-order valence-electron chi connectivity index (χ3n) is 7.61. The molecule has 51 heavy (non-hydrogen) atoms. The fourth-order valence-corrected chi connectivity index (χ4v) is 5.33. The SMILES string of the molecule is Cc1cc(NC(=O)c2ccccc2)c(Cl)cc1N=Nc1c(O)c([C+]=O)cc2ccccc12.Cc1cc(NC(=O)c2ccccc2)c(Cl)cc1[N+]#N. The lowest BCUT2D eigenvalue weighted by Gasteiger charge is -2.10. The van der Waals surface area contributed by atoms with E-state index in [4.69, 9.17) is 28.6 Å². The van der Waals surface area contributed by atoms with Gasteiger partial charge < -0.3 is 15.7 Å². The van der Waals surface area contributed by atoms with Crippen LogP contribution in [0.1, 0.15) is 37.4 Å². The molecule has 12 heteroatoms. The number of diazo groups is 1. The molecule has 0 radical (unpaired) electrons. The van der Waals surface area contributed by atoms with E-state index in [1.807, 2.05) is 18.2 Å². The molecular formula is C39H28Cl2N6O4+2. The highest BCUT2D eigenvalue weighted by atomic mass is 35.5. The standard InChI is InChI=1S/C25H16ClN3O3.C14H10ClN3O/c1-15-11-22(27-25(32)16-7-3-2-4-8-16)20(26)13-21(15)28-29-23-19-10-6-5-9-17(19)12-18(14-30)24(23)31;1-9-7-13(11(15)8-12(9)18-16)17-14(19)10-5-3-2-4-6-10/h2-13H,1H3,(H-,27,28,29,30,31,32);2-8H,1H3/p+2. The van der Waals surface area contributed by atoms with Crippen LogP contribution in [0.3, 0.4) is 0 Å². The number of phenolic OH excluding ortho intramolecular Hbond substituents is 1. The second kappa shape index (κ2) is 16.3. The average Bonchev–Trinajstić information content (AvgIpc) is 3.15. The molecule has 0 saturated carbocycles. The van der Waals surface area contributed by atoms with Gasteiger partial charge in [-0.05, 0) is 74.0 Å². The number of azo groups is 1. The summed E-state index contributed by atoms with van der Waals surface area (Å²) in [7, 11) is 0. The Hall–Kier alpha value is -6.50. The summed E-state index contributed by atoms with van der Waals surface area (Å²) in [4.78, 5) is 38.7. The van der Waals surface area contributed by atoms with Gasteiger partial charge in [-0.1, -0.05) is 71.7 Å². The highest BCUT2D eigenvalue weighted by Crippen LogP contribution is 2.40. The smallest absolute Gasteiger partial charge is 0.389 e. The van der Waals surface area contributed by atoms with E-state index in [1.54, 1.807) is 111 Å². The quantitative estimate of drug-likeness (QED) is 0.0854. The fourth-order valence-electron chi connectivity index (χ4n) is 4.92. The molecule has 0 aliphatic carbocycles. The summed E-state index contributed by atoms with van der Waals surface area (Å²) in [5.74, 6) is -0.812. The van der Waals surface area contributed by atoms with Gasteiger partial charge in [0.15, 0.2) is 10.7 Å². The summed E-state index contributed by atoms with van der Waals surface area (Å²) in [6.45, 7) is 3.57. The van der Waals surface area contributed by atoms with Crippen LogP contribution in [0.25, 0.3) is 15.7 Å². The Labute approximate surface area is 303 Å². The highest BCUT2D eigenvalue weighted by molar-refractivity contribution is 6.34. The van der Waals surface area contributed by atoms with Gasteiger partial charge in [0.05, 0.1) is 39.2 Å². The zero-order valence-corrected chi connectivity index (χ0v) is 28.7. The molecule has 2 amide bonds. The summed E-state index contributed by atoms with van der Waals surface area (Å²) < 4.78 is 0. The predicted molar refractivity (Wildman–Crippen MR) is 200 cm³/mol. The van der Waals surface area contributed by atoms with Crippen LogP contribution in [0.5, 0.6) is 5.75 Å². The van der Waals surface area contributed by atoms with Crippen molar-refractivity contribution in [2.45, 2.75) is 13.8 Å². The molecule has 0 saturated heterocycles. The Kier molecular flexibility index (Phi) is 11.4. The van der Waals surface area contributed by atoms with Gasteiger partial charge in [-0.25, -0.2) is 0 Å². The predicted octanol–water partition coefficient (Wildman–Crippen LogP) is 11.0. The maximum absolute atomic E-state index is 12.4. The Morgan fingerprint density at radius 3 is 1.82 bits per heavy atom. The Bertz CT molecular complexity index is 2340. The molecule has 6 aromatic rings. The minimum Gasteiger partial charge on any atom is -0.446 e. The highest BCUT2D eigenvalue weighted by Gasteiger charge is 2.22. The van der Waals surface area contributed by atoms with E-state index >= 15 is 0 Å². The molecule has 0 atom stereocenters. The second-order valence-electron chi connectivity index (χ2n) is 11.1. The number of anilines is 2. The molecule has 0 aliphatic rings. The van der Waals surface area contributed by atoms with E-state index in [2.05, 4.69) is 25.8 Å². The number of nitrogens with one attached hydrogen (secondary N) is 2. The second-order valence-corrected chi connectivity index (χ2v) is 11.9. The van der Waals surface area contributed by atoms with Crippen molar-refractivity contribution in [3.05, 3.63) is 158 Å². The van der Waals surface area contributed by atoms with Crippen LogP contribution in [0.2, 0.25) is 10.0 Å². The molecule has 0 bridgehead atoms. The van der Waals surface area contributed by atoms with Crippen molar-refractivity contribution < 1.29 is 19.5 Å². The van der Waals surface area contributed by atoms with Crippen LogP contribution >= 0.6 is 23.2 Å². The monoisotopic (exact) mass is 714 g/mol. The van der Waals surface area contributed by atoms with Crippen molar-refractivity contribution in [1.29, 1.82) is 5.39 Å². The van der Waals surface area contributed by atoms with Crippen LogP contribution in [-0.2, 0) is 4.79 Å². The number of benzene rings is 6. The molecule has 0 aliphatic heterocycles. The molecular weight excluding hydrogens is 687 g/mol. The first kappa shape index (κ1) is 35.8. The van der Waals surface area contributed by atoms with Gasteiger partial charge >= 0.3 is 12.0 Å². The number of nitrogens with zero attached hydrogens (tertiary/aromatic N) is 4. The number of aromatic hydroxyl groups is 1. The first-order valence-corrected chi connectivity index (χ1v) is 16.1. The molecule has 0 aromatic heterocycles. The van der Waals surface area contributed by atoms with Crippen LogP contribution in [0.15, 0.2) is 125 Å². The van der Waals surface area contributed by atoms with Crippen molar-refractivity contribution in [2.75, 3.05) is 10.6 Å². The van der Waals surface area contributed by atoms with Gasteiger partial charge in [-0.3, -0.25) is 9.59 Å². The summed E-state index contributed by atoms with van der Waals surface area (Å²) in [5.41, 5.74) is 4.43. The zero-order chi connectivity index (χ0) is 36.5. The van der Waals surface area contributed by atoms with E-state index in [0.717, 1.165) is 10.9 Å². The maximum Gasteiger partial charge on any atom is 0.389 e. The number of fused-ring (bicyclic) bond motifs is 1. The third-order valence-corrected chi connectivity index (χ3v) is 8.24. The van der Waals surface area contributed by atoms with Crippen LogP contribution in [-0.4, -0.2) is 23.2 Å². The molecule has 0 fully saturated rings. The van der Waals surface area contributed by atoms with Crippen molar-refractivity contribution in [2.24, 2.45) is 10.2 Å². The summed E-state index contributed by atoms with van der Waals surface area (Å²) in [6.07, 6.45) is 1.72. The number of amides is 2. The lowest BCUT2D eigenvalue weighted by Crippen LogP contribution is -2.12. The van der Waals surface area contributed by atoms with Crippen molar-refractivity contribution in [1.82, 2.24) is 0 Å². The number of aryl methyl sites for hydroxylation is 2. The van der Waals surface area contributed by atoms with Gasteiger partial charge in [0.2, 0.25) is 5.39 Å². The molecule has 10 nitrogen and oxygen atoms in total. The number of phenols is 1. The number of halogens is 2. The Morgan fingerprint density at radius 1 is 0.725 bits per heavy atom. The molecule has 6 rings (SSSR count). The van der Waals surface area contributed by atoms with Crippen molar-refractivity contribution >= 4 is 80.5 Å². The van der Waals surface area contributed by atoms with Gasteiger partial charge in [-0.2, -0.15) is 0 Å². The van der Waals surface area contributed by atoms with E-state index in [9.17, 15) is 19.5 Å². The lowest BCUT2D eigenvalue weighted by atomic mass is 10.0. The number of carbonyl (C=O) groups is 2. The van der Waals surface area contributed by atoms with E-state index in [-0.39, 0.29) is 33.8 Å². The van der Waals surface area contributed by atoms with Gasteiger partial charge in [-0.15, -0.1) is 15.0 Å².